The first kappa shape index (κ1) is 16.6. The van der Waals surface area contributed by atoms with Crippen molar-refractivity contribution in [2.45, 2.75) is 11.3 Å². The molecule has 1 amide bonds. The fourth-order valence-corrected chi connectivity index (χ4v) is 3.05. The Balaban J connectivity index is 1.91. The van der Waals surface area contributed by atoms with Gasteiger partial charge in [-0.05, 0) is 19.1 Å². The monoisotopic (exact) mass is 348 g/mol. The maximum Gasteiger partial charge on any atom is 0.234 e. The summed E-state index contributed by atoms with van der Waals surface area (Å²) in [6, 6.07) is 1.71. The van der Waals surface area contributed by atoms with Gasteiger partial charge in [-0.25, -0.2) is 13.2 Å². The Hall–Kier alpha value is -1.81. The number of benzene rings is 1. The van der Waals surface area contributed by atoms with E-state index >= 15 is 0 Å². The van der Waals surface area contributed by atoms with E-state index in [0.717, 1.165) is 23.9 Å². The van der Waals surface area contributed by atoms with Gasteiger partial charge in [-0.15, -0.1) is 10.2 Å². The smallest absolute Gasteiger partial charge is 0.234 e. The number of aromatic nitrogens is 2. The lowest BCUT2D eigenvalue weighted by atomic mass is 10.3. The molecule has 0 fully saturated rings. The highest BCUT2D eigenvalue weighted by molar-refractivity contribution is 8.01. The van der Waals surface area contributed by atoms with Crippen LogP contribution in [0.3, 0.4) is 0 Å². The second-order valence-electron chi connectivity index (χ2n) is 3.96. The highest BCUT2D eigenvalue weighted by Crippen LogP contribution is 2.26. The number of carbonyl (C=O) groups excluding carboxylic acids is 1. The van der Waals surface area contributed by atoms with Crippen molar-refractivity contribution in [3.8, 4) is 0 Å². The molecule has 2 N–H and O–H groups in total. The molecule has 1 aromatic heterocycles. The molecule has 1 heterocycles. The maximum absolute atomic E-state index is 13.4. The summed E-state index contributed by atoms with van der Waals surface area (Å²) >= 11 is 2.39. The quantitative estimate of drug-likeness (QED) is 0.620. The fraction of sp³-hybridized carbons (Fsp3) is 0.250. The van der Waals surface area contributed by atoms with E-state index in [1.807, 2.05) is 6.92 Å². The number of amides is 1. The minimum absolute atomic E-state index is 0.0564. The average molecular weight is 348 g/mol. The van der Waals surface area contributed by atoms with Crippen LogP contribution in [0.5, 0.6) is 0 Å². The average Bonchev–Trinajstić information content (AvgIpc) is 2.94. The molecule has 5 nitrogen and oxygen atoms in total. The zero-order chi connectivity index (χ0) is 16.1. The summed E-state index contributed by atoms with van der Waals surface area (Å²) < 4.78 is 39.8. The molecule has 0 bridgehead atoms. The minimum Gasteiger partial charge on any atom is -0.360 e. The second kappa shape index (κ2) is 7.45. The fourth-order valence-electron chi connectivity index (χ4n) is 1.43. The molecule has 1 aromatic carbocycles. The molecule has 0 atom stereocenters. The molecule has 118 valence electrons. The summed E-state index contributed by atoms with van der Waals surface area (Å²) in [5, 5.41) is 13.5. The van der Waals surface area contributed by atoms with Crippen LogP contribution in [0.1, 0.15) is 6.92 Å². The van der Waals surface area contributed by atoms with Crippen molar-refractivity contribution < 1.29 is 18.0 Å². The van der Waals surface area contributed by atoms with Crippen LogP contribution in [0, 0.1) is 17.5 Å². The van der Waals surface area contributed by atoms with Crippen LogP contribution < -0.4 is 10.6 Å². The van der Waals surface area contributed by atoms with Crippen molar-refractivity contribution in [1.29, 1.82) is 0 Å². The topological polar surface area (TPSA) is 66.9 Å². The van der Waals surface area contributed by atoms with Crippen LogP contribution in [-0.2, 0) is 4.79 Å². The molecule has 22 heavy (non-hydrogen) atoms. The molecule has 0 aliphatic carbocycles. The minimum atomic E-state index is -1.62. The number of rotatable bonds is 6. The van der Waals surface area contributed by atoms with Crippen molar-refractivity contribution in [1.82, 2.24) is 10.2 Å². The van der Waals surface area contributed by atoms with Crippen molar-refractivity contribution in [2.24, 2.45) is 0 Å². The molecule has 0 aliphatic heterocycles. The molecular formula is C12H11F3N4OS2. The molecular weight excluding hydrogens is 337 g/mol. The van der Waals surface area contributed by atoms with Crippen LogP contribution >= 0.6 is 23.1 Å². The summed E-state index contributed by atoms with van der Waals surface area (Å²) in [5.41, 5.74) is -0.407. The zero-order valence-electron chi connectivity index (χ0n) is 11.3. The summed E-state index contributed by atoms with van der Waals surface area (Å²) in [7, 11) is 0. The highest BCUT2D eigenvalue weighted by Gasteiger charge is 2.15. The van der Waals surface area contributed by atoms with Crippen molar-refractivity contribution >= 4 is 39.8 Å². The van der Waals surface area contributed by atoms with Gasteiger partial charge in [0.05, 0.1) is 11.4 Å². The predicted octanol–water partition coefficient (Wildman–Crippen LogP) is 3.12. The first-order valence-electron chi connectivity index (χ1n) is 6.14. The zero-order valence-corrected chi connectivity index (χ0v) is 13.0. The lowest BCUT2D eigenvalue weighted by molar-refractivity contribution is -0.113. The number of hydrogen-bond acceptors (Lipinski definition) is 6. The van der Waals surface area contributed by atoms with Gasteiger partial charge in [0.15, 0.2) is 21.8 Å². The van der Waals surface area contributed by atoms with Crippen LogP contribution in [-0.4, -0.2) is 28.4 Å². The molecule has 0 saturated carbocycles. The number of thioether (sulfide) groups is 1. The first-order valence-corrected chi connectivity index (χ1v) is 7.95. The van der Waals surface area contributed by atoms with Gasteiger partial charge in [0, 0.05) is 6.54 Å². The van der Waals surface area contributed by atoms with Gasteiger partial charge in [-0.1, -0.05) is 23.1 Å². The Morgan fingerprint density at radius 3 is 2.77 bits per heavy atom. The third kappa shape index (κ3) is 4.10. The number of anilines is 2. The van der Waals surface area contributed by atoms with Gasteiger partial charge < -0.3 is 10.6 Å². The van der Waals surface area contributed by atoms with Crippen LogP contribution in [0.4, 0.5) is 24.0 Å². The van der Waals surface area contributed by atoms with Gasteiger partial charge >= 0.3 is 0 Å². The number of halogens is 3. The van der Waals surface area contributed by atoms with E-state index in [1.54, 1.807) is 0 Å². The number of nitrogens with zero attached hydrogens (tertiary/aromatic N) is 2. The highest BCUT2D eigenvalue weighted by atomic mass is 32.2. The van der Waals surface area contributed by atoms with E-state index in [4.69, 9.17) is 0 Å². The van der Waals surface area contributed by atoms with Crippen LogP contribution in [0.2, 0.25) is 0 Å². The number of carbonyl (C=O) groups is 1. The van der Waals surface area contributed by atoms with Gasteiger partial charge in [0.25, 0.3) is 0 Å². The van der Waals surface area contributed by atoms with Crippen molar-refractivity contribution in [2.75, 3.05) is 22.9 Å². The Morgan fingerprint density at radius 2 is 2.05 bits per heavy atom. The predicted molar refractivity (Wildman–Crippen MR) is 79.7 cm³/mol. The summed E-state index contributed by atoms with van der Waals surface area (Å²) in [5.74, 6) is -4.97. The second-order valence-corrected chi connectivity index (χ2v) is 6.16. The van der Waals surface area contributed by atoms with E-state index < -0.39 is 29.0 Å². The maximum atomic E-state index is 13.4. The molecule has 0 radical (unpaired) electrons. The first-order chi connectivity index (χ1) is 10.5. The van der Waals surface area contributed by atoms with Gasteiger partial charge in [0.1, 0.15) is 0 Å². The molecule has 0 unspecified atom stereocenters. The van der Waals surface area contributed by atoms with E-state index in [1.165, 1.54) is 11.3 Å². The summed E-state index contributed by atoms with van der Waals surface area (Å²) in [4.78, 5) is 11.7. The van der Waals surface area contributed by atoms with E-state index in [9.17, 15) is 18.0 Å². The Labute approximate surface area is 132 Å². The normalized spacial score (nSPS) is 10.5. The Bertz CT molecular complexity index is 680. The standard InChI is InChI=1S/C12H11F3N4OS2/c1-2-16-11-18-19-12(22-11)21-5-8(20)17-7-4-3-6(13)9(14)10(7)15/h3-4H,2,5H2,1H3,(H,16,18)(H,17,20). The lowest BCUT2D eigenvalue weighted by Crippen LogP contribution is -2.15. The lowest BCUT2D eigenvalue weighted by Gasteiger charge is -2.06. The van der Waals surface area contributed by atoms with E-state index in [2.05, 4.69) is 20.8 Å². The van der Waals surface area contributed by atoms with Gasteiger partial charge in [-0.3, -0.25) is 4.79 Å². The van der Waals surface area contributed by atoms with Crippen molar-refractivity contribution in [3.05, 3.63) is 29.6 Å². The molecule has 2 aromatic rings. The van der Waals surface area contributed by atoms with Crippen LogP contribution in [0.15, 0.2) is 16.5 Å². The Kier molecular flexibility index (Phi) is 5.61. The number of hydrogen-bond donors (Lipinski definition) is 2. The third-order valence-electron chi connectivity index (χ3n) is 2.37. The summed E-state index contributed by atoms with van der Waals surface area (Å²) in [6.45, 7) is 2.62. The van der Waals surface area contributed by atoms with Crippen LogP contribution in [0.25, 0.3) is 0 Å². The SMILES string of the molecule is CCNc1nnc(SCC(=O)Nc2ccc(F)c(F)c2F)s1. The molecule has 10 heteroatoms. The third-order valence-corrected chi connectivity index (χ3v) is 4.38. The summed E-state index contributed by atoms with van der Waals surface area (Å²) in [6.07, 6.45) is 0. The molecule has 2 rings (SSSR count). The number of nitrogens with one attached hydrogen (secondary N) is 2. The largest absolute Gasteiger partial charge is 0.360 e. The molecule has 0 spiro atoms. The van der Waals surface area contributed by atoms with E-state index in [0.29, 0.717) is 16.0 Å². The van der Waals surface area contributed by atoms with E-state index in [-0.39, 0.29) is 5.75 Å². The van der Waals surface area contributed by atoms with Gasteiger partial charge in [-0.2, -0.15) is 0 Å². The van der Waals surface area contributed by atoms with Gasteiger partial charge in [0.2, 0.25) is 11.0 Å². The molecule has 0 saturated heterocycles. The van der Waals surface area contributed by atoms with Crippen molar-refractivity contribution in [3.63, 3.8) is 0 Å². The molecule has 0 aliphatic rings. The Morgan fingerprint density at radius 1 is 1.27 bits per heavy atom.